The number of oxazole rings is 1. The van der Waals surface area contributed by atoms with Crippen molar-refractivity contribution in [3.8, 4) is 0 Å². The Morgan fingerprint density at radius 3 is 3.00 bits per heavy atom. The first-order chi connectivity index (χ1) is 9.16. The number of anilines is 1. The number of aromatic nitrogens is 1. The topological polar surface area (TPSA) is 41.3 Å². The zero-order valence-corrected chi connectivity index (χ0v) is 12.0. The molecule has 1 aromatic heterocycles. The normalized spacial score (nSPS) is 16.9. The number of hydrogen-bond donors (Lipinski definition) is 1. The van der Waals surface area contributed by atoms with Crippen molar-refractivity contribution in [2.24, 2.45) is 0 Å². The molecule has 1 fully saturated rings. The lowest BCUT2D eigenvalue weighted by molar-refractivity contribution is 0.570. The quantitative estimate of drug-likeness (QED) is 0.871. The van der Waals surface area contributed by atoms with E-state index >= 15 is 0 Å². The van der Waals surface area contributed by atoms with Gasteiger partial charge in [0.25, 0.3) is 6.01 Å². The Morgan fingerprint density at radius 2 is 2.16 bits per heavy atom. The van der Waals surface area contributed by atoms with Gasteiger partial charge in [-0.1, -0.05) is 11.6 Å². The SMILES string of the molecule is Cc1cc2oc(N3CCCNCC3)nc2c(C)c1Cl. The number of halogens is 1. The van der Waals surface area contributed by atoms with Gasteiger partial charge >= 0.3 is 0 Å². The molecule has 102 valence electrons. The van der Waals surface area contributed by atoms with Crippen molar-refractivity contribution in [3.05, 3.63) is 22.2 Å². The van der Waals surface area contributed by atoms with Crippen LogP contribution in [-0.4, -0.2) is 31.2 Å². The fourth-order valence-electron chi connectivity index (χ4n) is 2.52. The van der Waals surface area contributed by atoms with Crippen molar-refractivity contribution in [1.29, 1.82) is 0 Å². The molecule has 4 nitrogen and oxygen atoms in total. The molecule has 0 saturated carbocycles. The van der Waals surface area contributed by atoms with Crippen LogP contribution in [0.25, 0.3) is 11.1 Å². The minimum atomic E-state index is 0.712. The number of benzene rings is 1. The van der Waals surface area contributed by atoms with Gasteiger partial charge in [-0.05, 0) is 44.0 Å². The summed E-state index contributed by atoms with van der Waals surface area (Å²) in [7, 11) is 0. The van der Waals surface area contributed by atoms with Gasteiger partial charge in [-0.15, -0.1) is 0 Å². The van der Waals surface area contributed by atoms with Crippen LogP contribution in [0.3, 0.4) is 0 Å². The fourth-order valence-corrected chi connectivity index (χ4v) is 2.66. The molecule has 1 aromatic carbocycles. The largest absolute Gasteiger partial charge is 0.423 e. The van der Waals surface area contributed by atoms with Crippen molar-refractivity contribution < 1.29 is 4.42 Å². The molecule has 0 radical (unpaired) electrons. The lowest BCUT2D eigenvalue weighted by atomic mass is 10.1. The Morgan fingerprint density at radius 1 is 1.32 bits per heavy atom. The number of nitrogens with zero attached hydrogens (tertiary/aromatic N) is 2. The Kier molecular flexibility index (Phi) is 3.37. The summed E-state index contributed by atoms with van der Waals surface area (Å²) in [4.78, 5) is 6.82. The standard InChI is InChI=1S/C14H18ClN3O/c1-9-8-11-13(10(2)12(9)15)17-14(19-11)18-6-3-4-16-5-7-18/h8,16H,3-7H2,1-2H3. The van der Waals surface area contributed by atoms with Crippen molar-refractivity contribution in [2.75, 3.05) is 31.1 Å². The summed E-state index contributed by atoms with van der Waals surface area (Å²) >= 11 is 6.27. The molecule has 5 heteroatoms. The highest BCUT2D eigenvalue weighted by molar-refractivity contribution is 6.33. The molecule has 0 bridgehead atoms. The zero-order valence-electron chi connectivity index (χ0n) is 11.3. The van der Waals surface area contributed by atoms with Crippen molar-refractivity contribution >= 4 is 28.7 Å². The second-order valence-electron chi connectivity index (χ2n) is 5.07. The summed E-state index contributed by atoms with van der Waals surface area (Å²) in [5, 5.41) is 4.16. The molecule has 19 heavy (non-hydrogen) atoms. The molecular formula is C14H18ClN3O. The molecule has 2 aromatic rings. The Labute approximate surface area is 117 Å². The molecule has 0 amide bonds. The average Bonchev–Trinajstić information content (AvgIpc) is 2.64. The Balaban J connectivity index is 2.03. The van der Waals surface area contributed by atoms with E-state index in [0.717, 1.165) is 59.8 Å². The third kappa shape index (κ3) is 2.30. The molecule has 3 rings (SSSR count). The van der Waals surface area contributed by atoms with E-state index in [1.165, 1.54) is 0 Å². The first-order valence-corrected chi connectivity index (χ1v) is 7.06. The first kappa shape index (κ1) is 12.8. The van der Waals surface area contributed by atoms with Gasteiger partial charge < -0.3 is 14.6 Å². The Hall–Kier alpha value is -1.26. The summed E-state index contributed by atoms with van der Waals surface area (Å²) in [6.45, 7) is 7.92. The minimum absolute atomic E-state index is 0.712. The highest BCUT2D eigenvalue weighted by Gasteiger charge is 2.18. The maximum Gasteiger partial charge on any atom is 0.298 e. The molecule has 1 aliphatic heterocycles. The van der Waals surface area contributed by atoms with Gasteiger partial charge in [0.05, 0.1) is 0 Å². The van der Waals surface area contributed by atoms with Gasteiger partial charge in [0, 0.05) is 24.7 Å². The summed E-state index contributed by atoms with van der Waals surface area (Å²) < 4.78 is 5.91. The highest BCUT2D eigenvalue weighted by atomic mass is 35.5. The highest BCUT2D eigenvalue weighted by Crippen LogP contribution is 2.31. The zero-order chi connectivity index (χ0) is 13.4. The van der Waals surface area contributed by atoms with Crippen LogP contribution in [-0.2, 0) is 0 Å². The van der Waals surface area contributed by atoms with Gasteiger partial charge in [0.2, 0.25) is 0 Å². The minimum Gasteiger partial charge on any atom is -0.423 e. The second-order valence-corrected chi connectivity index (χ2v) is 5.44. The van der Waals surface area contributed by atoms with Gasteiger partial charge in [0.15, 0.2) is 5.58 Å². The van der Waals surface area contributed by atoms with Crippen LogP contribution in [0.1, 0.15) is 17.5 Å². The van der Waals surface area contributed by atoms with Crippen LogP contribution in [0.4, 0.5) is 6.01 Å². The summed E-state index contributed by atoms with van der Waals surface area (Å²) in [6, 6.07) is 2.68. The molecule has 0 aliphatic carbocycles. The van der Waals surface area contributed by atoms with Crippen molar-refractivity contribution in [2.45, 2.75) is 20.3 Å². The summed E-state index contributed by atoms with van der Waals surface area (Å²) in [5.74, 6) is 0. The predicted octanol–water partition coefficient (Wildman–Crippen LogP) is 2.90. The number of hydrogen-bond acceptors (Lipinski definition) is 4. The van der Waals surface area contributed by atoms with Crippen LogP contribution in [0.15, 0.2) is 10.5 Å². The number of fused-ring (bicyclic) bond motifs is 1. The molecule has 1 saturated heterocycles. The monoisotopic (exact) mass is 279 g/mol. The molecule has 0 spiro atoms. The van der Waals surface area contributed by atoms with Gasteiger partial charge in [-0.2, -0.15) is 4.98 Å². The number of aryl methyl sites for hydroxylation is 2. The summed E-state index contributed by atoms with van der Waals surface area (Å²) in [6.07, 6.45) is 1.11. The lowest BCUT2D eigenvalue weighted by Crippen LogP contribution is -2.27. The van der Waals surface area contributed by atoms with E-state index in [9.17, 15) is 0 Å². The van der Waals surface area contributed by atoms with Crippen LogP contribution >= 0.6 is 11.6 Å². The van der Waals surface area contributed by atoms with Crippen LogP contribution in [0.2, 0.25) is 5.02 Å². The van der Waals surface area contributed by atoms with E-state index < -0.39 is 0 Å². The fraction of sp³-hybridized carbons (Fsp3) is 0.500. The molecule has 1 aliphatic rings. The maximum atomic E-state index is 6.27. The van der Waals surface area contributed by atoms with Crippen molar-refractivity contribution in [3.63, 3.8) is 0 Å². The third-order valence-corrected chi connectivity index (χ3v) is 4.21. The third-order valence-electron chi connectivity index (χ3n) is 3.63. The molecular weight excluding hydrogens is 262 g/mol. The number of rotatable bonds is 1. The van der Waals surface area contributed by atoms with E-state index in [1.807, 2.05) is 19.9 Å². The Bertz CT molecular complexity index is 600. The van der Waals surface area contributed by atoms with Gasteiger partial charge in [0.1, 0.15) is 5.52 Å². The first-order valence-electron chi connectivity index (χ1n) is 6.68. The van der Waals surface area contributed by atoms with Crippen molar-refractivity contribution in [1.82, 2.24) is 10.3 Å². The van der Waals surface area contributed by atoms with Crippen LogP contribution in [0.5, 0.6) is 0 Å². The van der Waals surface area contributed by atoms with Gasteiger partial charge in [-0.25, -0.2) is 0 Å². The molecule has 1 N–H and O–H groups in total. The van der Waals surface area contributed by atoms with E-state index in [0.29, 0.717) is 6.01 Å². The van der Waals surface area contributed by atoms with Crippen LogP contribution < -0.4 is 10.2 Å². The smallest absolute Gasteiger partial charge is 0.298 e. The van der Waals surface area contributed by atoms with Gasteiger partial charge in [-0.3, -0.25) is 0 Å². The molecule has 0 atom stereocenters. The van der Waals surface area contributed by atoms with E-state index in [-0.39, 0.29) is 0 Å². The molecule has 2 heterocycles. The second kappa shape index (κ2) is 5.02. The molecule has 0 unspecified atom stereocenters. The number of nitrogens with one attached hydrogen (secondary N) is 1. The maximum absolute atomic E-state index is 6.27. The van der Waals surface area contributed by atoms with E-state index in [2.05, 4.69) is 15.2 Å². The summed E-state index contributed by atoms with van der Waals surface area (Å²) in [5.41, 5.74) is 3.74. The van der Waals surface area contributed by atoms with E-state index in [1.54, 1.807) is 0 Å². The average molecular weight is 280 g/mol. The predicted molar refractivity (Wildman–Crippen MR) is 78.2 cm³/mol. The van der Waals surface area contributed by atoms with E-state index in [4.69, 9.17) is 16.0 Å². The van der Waals surface area contributed by atoms with Crippen LogP contribution in [0, 0.1) is 13.8 Å². The lowest BCUT2D eigenvalue weighted by Gasteiger charge is -2.16.